The van der Waals surface area contributed by atoms with Crippen molar-refractivity contribution in [3.05, 3.63) is 63.1 Å². The fourth-order valence-electron chi connectivity index (χ4n) is 5.59. The van der Waals surface area contributed by atoms with Crippen molar-refractivity contribution in [3.63, 3.8) is 0 Å². The van der Waals surface area contributed by atoms with Gasteiger partial charge in [-0.05, 0) is 55.1 Å². The van der Waals surface area contributed by atoms with E-state index >= 15 is 0 Å². The number of aliphatic hydroxyl groups is 2. The van der Waals surface area contributed by atoms with Gasteiger partial charge in [0.2, 0.25) is 10.0 Å². The zero-order chi connectivity index (χ0) is 41.5. The Morgan fingerprint density at radius 1 is 0.737 bits per heavy atom. The summed E-state index contributed by atoms with van der Waals surface area (Å²) >= 11 is 12.8. The number of rotatable bonds is 30. The Morgan fingerprint density at radius 3 is 1.68 bits per heavy atom. The molecule has 3 rings (SSSR count). The van der Waals surface area contributed by atoms with Crippen molar-refractivity contribution < 1.29 is 56.6 Å². The van der Waals surface area contributed by atoms with Gasteiger partial charge in [-0.1, -0.05) is 35.3 Å². The van der Waals surface area contributed by atoms with Crippen molar-refractivity contribution in [1.82, 2.24) is 25.6 Å². The fraction of sp³-hybridized carbons (Fsp3) is 0.622. The molecule has 17 nitrogen and oxygen atoms in total. The summed E-state index contributed by atoms with van der Waals surface area (Å²) in [5.74, 6) is -1.84. The van der Waals surface area contributed by atoms with Crippen LogP contribution in [0, 0.1) is 0 Å². The average molecular weight is 867 g/mol. The number of fused-ring (bicyclic) bond motifs is 1. The van der Waals surface area contributed by atoms with Crippen LogP contribution in [0.1, 0.15) is 22.6 Å². The van der Waals surface area contributed by atoms with Crippen LogP contribution in [0.15, 0.2) is 41.3 Å². The number of nitrogens with one attached hydrogen (secondary N) is 4. The molecule has 2 amide bonds. The van der Waals surface area contributed by atoms with Crippen LogP contribution in [0.4, 0.5) is 0 Å². The number of nitrogens with zero attached hydrogens (tertiary/aromatic N) is 1. The summed E-state index contributed by atoms with van der Waals surface area (Å²) in [6.07, 6.45) is -3.92. The lowest BCUT2D eigenvalue weighted by atomic mass is 9.85. The second-order valence-electron chi connectivity index (χ2n) is 12.9. The van der Waals surface area contributed by atoms with Gasteiger partial charge >= 0.3 is 0 Å². The highest BCUT2D eigenvalue weighted by Crippen LogP contribution is 2.38. The molecule has 0 bridgehead atoms. The molecule has 2 unspecified atom stereocenters. The number of ether oxygens (including phenoxy) is 6. The Hall–Kier alpha value is -2.53. The van der Waals surface area contributed by atoms with Crippen LogP contribution in [0.3, 0.4) is 0 Å². The Labute approximate surface area is 345 Å². The SMILES string of the molecule is CNCCOCCOCCOCCNC(=O)C(O)C(O)C(=O)NCCOCCOCCOCCNS(=O)(=O)c1ccc([C@@H]2CN(C)Cc3c(Cl)cc(Cl)cc32)cc1. The first-order chi connectivity index (χ1) is 27.4. The number of halogens is 2. The fourth-order valence-corrected chi connectivity index (χ4v) is 7.17. The number of likely N-dealkylation sites (N-methyl/N-ethyl adjacent to an activating group) is 2. The normalized spacial score (nSPS) is 15.6. The minimum Gasteiger partial charge on any atom is -0.380 e. The van der Waals surface area contributed by atoms with Crippen molar-refractivity contribution in [2.75, 3.05) is 126 Å². The van der Waals surface area contributed by atoms with Gasteiger partial charge < -0.3 is 59.5 Å². The topological polar surface area (TPSA) is 215 Å². The standard InChI is InChI=1S/C37H57Cl2N5O12S/c1-40-7-11-51-15-19-55-20-16-52-12-8-41-36(47)34(45)35(46)37(48)42-9-13-53-17-21-56-22-18-54-14-10-43-57(49,50)29-5-3-27(4-6-29)31-25-44(2)26-32-30(31)23-28(38)24-33(32)39/h3-6,23-24,31,34-35,40,43,45-46H,7-22,25-26H2,1-2H3,(H,41,47)(H,42,48)/t31-,34?,35?/m0/s1. The maximum Gasteiger partial charge on any atom is 0.252 e. The molecule has 2 aromatic rings. The van der Waals surface area contributed by atoms with Gasteiger partial charge in [0.05, 0.1) is 84.2 Å². The van der Waals surface area contributed by atoms with E-state index < -0.39 is 34.0 Å². The van der Waals surface area contributed by atoms with E-state index in [2.05, 4.69) is 25.6 Å². The number of hydrogen-bond donors (Lipinski definition) is 6. The zero-order valence-electron chi connectivity index (χ0n) is 32.5. The van der Waals surface area contributed by atoms with Crippen LogP contribution in [-0.2, 0) is 54.6 Å². The smallest absolute Gasteiger partial charge is 0.252 e. The molecular weight excluding hydrogens is 809 g/mol. The lowest BCUT2D eigenvalue weighted by molar-refractivity contribution is -0.146. The van der Waals surface area contributed by atoms with Gasteiger partial charge in [-0.3, -0.25) is 9.59 Å². The van der Waals surface area contributed by atoms with Gasteiger partial charge in [-0.15, -0.1) is 0 Å². The third-order valence-electron chi connectivity index (χ3n) is 8.54. The number of benzene rings is 2. The molecule has 0 spiro atoms. The molecular formula is C37H57Cl2N5O12S. The minimum absolute atomic E-state index is 0.00216. The van der Waals surface area contributed by atoms with Crippen LogP contribution < -0.4 is 20.7 Å². The number of hydrogen-bond acceptors (Lipinski definition) is 14. The summed E-state index contributed by atoms with van der Waals surface area (Å²) in [7, 11) is 0.111. The first kappa shape index (κ1) is 48.8. The molecule has 1 aliphatic rings. The Bertz CT molecular complexity index is 1600. The summed E-state index contributed by atoms with van der Waals surface area (Å²) in [4.78, 5) is 26.5. The molecule has 0 radical (unpaired) electrons. The predicted octanol–water partition coefficient (Wildman–Crippen LogP) is 0.122. The molecule has 322 valence electrons. The van der Waals surface area contributed by atoms with Crippen molar-refractivity contribution in [1.29, 1.82) is 0 Å². The van der Waals surface area contributed by atoms with Crippen LogP contribution in [0.2, 0.25) is 10.0 Å². The van der Waals surface area contributed by atoms with Gasteiger partial charge in [0.1, 0.15) is 0 Å². The Morgan fingerprint density at radius 2 is 1.19 bits per heavy atom. The summed E-state index contributed by atoms with van der Waals surface area (Å²) < 4.78 is 60.5. The monoisotopic (exact) mass is 865 g/mol. The van der Waals surface area contributed by atoms with Gasteiger partial charge in [0, 0.05) is 55.2 Å². The van der Waals surface area contributed by atoms with E-state index in [0.29, 0.717) is 49.6 Å². The maximum absolute atomic E-state index is 12.9. The van der Waals surface area contributed by atoms with Gasteiger partial charge in [0.15, 0.2) is 12.2 Å². The molecule has 20 heteroatoms. The van der Waals surface area contributed by atoms with E-state index in [1.165, 1.54) is 0 Å². The first-order valence-corrected chi connectivity index (χ1v) is 21.0. The largest absolute Gasteiger partial charge is 0.380 e. The molecule has 0 fully saturated rings. The molecule has 0 aromatic heterocycles. The number of aliphatic hydroxyl groups excluding tert-OH is 2. The van der Waals surface area contributed by atoms with Crippen molar-refractivity contribution in [2.45, 2.75) is 29.6 Å². The molecule has 0 saturated carbocycles. The third kappa shape index (κ3) is 18.1. The molecule has 6 N–H and O–H groups in total. The lowest BCUT2D eigenvalue weighted by Crippen LogP contribution is -2.50. The Kier molecular flexibility index (Phi) is 23.4. The lowest BCUT2D eigenvalue weighted by Gasteiger charge is -2.33. The number of sulfonamides is 1. The van der Waals surface area contributed by atoms with E-state index in [0.717, 1.165) is 29.8 Å². The summed E-state index contributed by atoms with van der Waals surface area (Å²) in [5, 5.41) is 28.9. The van der Waals surface area contributed by atoms with Crippen LogP contribution in [-0.4, -0.2) is 174 Å². The van der Waals surface area contributed by atoms with Crippen molar-refractivity contribution in [3.8, 4) is 0 Å². The summed E-state index contributed by atoms with van der Waals surface area (Å²) in [6.45, 7) is 5.93. The van der Waals surface area contributed by atoms with E-state index in [-0.39, 0.29) is 76.7 Å². The molecule has 1 heterocycles. The Balaban J connectivity index is 1.16. The highest BCUT2D eigenvalue weighted by molar-refractivity contribution is 7.89. The number of amides is 2. The molecule has 3 atom stereocenters. The van der Waals surface area contributed by atoms with E-state index in [4.69, 9.17) is 51.6 Å². The average Bonchev–Trinajstić information content (AvgIpc) is 3.19. The maximum atomic E-state index is 12.9. The van der Waals surface area contributed by atoms with Gasteiger partial charge in [-0.25, -0.2) is 13.1 Å². The minimum atomic E-state index is -3.75. The van der Waals surface area contributed by atoms with Crippen molar-refractivity contribution in [2.24, 2.45) is 0 Å². The second-order valence-corrected chi connectivity index (χ2v) is 15.5. The first-order valence-electron chi connectivity index (χ1n) is 18.7. The quantitative estimate of drug-likeness (QED) is 0.0576. The molecule has 0 saturated heterocycles. The number of carbonyl (C=O) groups excluding carboxylic acids is 2. The van der Waals surface area contributed by atoms with Crippen LogP contribution in [0.25, 0.3) is 0 Å². The zero-order valence-corrected chi connectivity index (χ0v) is 34.8. The predicted molar refractivity (Wildman–Crippen MR) is 213 cm³/mol. The molecule has 0 aliphatic carbocycles. The third-order valence-corrected chi connectivity index (χ3v) is 10.6. The highest BCUT2D eigenvalue weighted by atomic mass is 35.5. The molecule has 1 aliphatic heterocycles. The van der Waals surface area contributed by atoms with Crippen LogP contribution in [0.5, 0.6) is 0 Å². The summed E-state index contributed by atoms with van der Waals surface area (Å²) in [5.41, 5.74) is 3.03. The van der Waals surface area contributed by atoms with E-state index in [1.807, 2.05) is 32.3 Å². The number of carbonyl (C=O) groups is 2. The van der Waals surface area contributed by atoms with E-state index in [1.54, 1.807) is 18.2 Å². The molecule has 2 aromatic carbocycles. The van der Waals surface area contributed by atoms with Crippen molar-refractivity contribution >= 4 is 45.0 Å². The van der Waals surface area contributed by atoms with Gasteiger partial charge in [-0.2, -0.15) is 0 Å². The summed E-state index contributed by atoms with van der Waals surface area (Å²) in [6, 6.07) is 10.5. The highest BCUT2D eigenvalue weighted by Gasteiger charge is 2.30. The van der Waals surface area contributed by atoms with Gasteiger partial charge in [0.25, 0.3) is 11.8 Å². The molecule has 57 heavy (non-hydrogen) atoms. The second kappa shape index (κ2) is 27.3. The van der Waals surface area contributed by atoms with E-state index in [9.17, 15) is 28.2 Å². The van der Waals surface area contributed by atoms with Crippen LogP contribution >= 0.6 is 23.2 Å².